The third-order valence-corrected chi connectivity index (χ3v) is 4.20. The molecule has 4 rings (SSSR count). The van der Waals surface area contributed by atoms with Crippen LogP contribution in [0.2, 0.25) is 0 Å². The van der Waals surface area contributed by atoms with Crippen molar-refractivity contribution in [3.63, 3.8) is 0 Å². The van der Waals surface area contributed by atoms with E-state index in [4.69, 9.17) is 4.42 Å². The summed E-state index contributed by atoms with van der Waals surface area (Å²) in [4.78, 5) is 16.4. The lowest BCUT2D eigenvalue weighted by Gasteiger charge is -2.08. The fourth-order valence-corrected chi connectivity index (χ4v) is 2.86. The number of nitrogens with zero attached hydrogens (tertiary/aromatic N) is 2. The number of carbonyl (C=O) groups excluding carboxylic acids is 1. The molecule has 5 nitrogen and oxygen atoms in total. The number of benzene rings is 2. The Morgan fingerprint density at radius 2 is 2.00 bits per heavy atom. The van der Waals surface area contributed by atoms with E-state index in [-0.39, 0.29) is 24.0 Å². The topological polar surface area (TPSA) is 60.1 Å². The van der Waals surface area contributed by atoms with E-state index in [1.54, 1.807) is 35.2 Å². The molecule has 0 unspecified atom stereocenters. The minimum Gasteiger partial charge on any atom is -0.459 e. The summed E-state index contributed by atoms with van der Waals surface area (Å²) in [7, 11) is 0. The molecule has 134 valence electrons. The molecule has 4 aromatic rings. The average Bonchev–Trinajstić information content (AvgIpc) is 3.39. The van der Waals surface area contributed by atoms with Crippen LogP contribution < -0.4 is 5.32 Å². The monoisotopic (exact) mass is 361 g/mol. The van der Waals surface area contributed by atoms with E-state index in [0.29, 0.717) is 11.3 Å². The second kappa shape index (κ2) is 7.29. The summed E-state index contributed by atoms with van der Waals surface area (Å²) in [6, 6.07) is 16.1. The van der Waals surface area contributed by atoms with E-state index in [9.17, 15) is 9.18 Å². The maximum atomic E-state index is 14.3. The van der Waals surface area contributed by atoms with Crippen molar-refractivity contribution in [3.05, 3.63) is 96.7 Å². The summed E-state index contributed by atoms with van der Waals surface area (Å²) >= 11 is 0. The second-order valence-electron chi connectivity index (χ2n) is 5.97. The summed E-state index contributed by atoms with van der Waals surface area (Å²) in [6.07, 6.45) is 6.27. The Morgan fingerprint density at radius 3 is 2.74 bits per heavy atom. The zero-order valence-corrected chi connectivity index (χ0v) is 14.3. The van der Waals surface area contributed by atoms with Gasteiger partial charge in [0.15, 0.2) is 5.76 Å². The van der Waals surface area contributed by atoms with Crippen LogP contribution in [0.15, 0.2) is 84.0 Å². The lowest BCUT2D eigenvalue weighted by molar-refractivity contribution is 0.0924. The molecule has 0 bridgehead atoms. The average molecular weight is 361 g/mol. The molecule has 0 aliphatic rings. The van der Waals surface area contributed by atoms with E-state index in [1.807, 2.05) is 30.3 Å². The third-order valence-electron chi connectivity index (χ3n) is 4.20. The van der Waals surface area contributed by atoms with E-state index in [2.05, 4.69) is 10.3 Å². The minimum absolute atomic E-state index is 0.189. The quantitative estimate of drug-likeness (QED) is 0.579. The molecule has 6 heteroatoms. The maximum absolute atomic E-state index is 14.3. The normalized spacial score (nSPS) is 10.7. The van der Waals surface area contributed by atoms with E-state index < -0.39 is 0 Å². The predicted molar refractivity (Wildman–Crippen MR) is 98.8 cm³/mol. The fourth-order valence-electron chi connectivity index (χ4n) is 2.86. The number of halogens is 1. The standard InChI is InChI=1S/C21H16FN3O2/c22-18-12-15(6-7-19(18)25-10-9-23-14-25)13-24-21(26)20-17(8-11-27-20)16-4-2-1-3-5-16/h1-12,14H,13H2,(H,24,26). The van der Waals surface area contributed by atoms with Crippen LogP contribution in [-0.2, 0) is 6.54 Å². The van der Waals surface area contributed by atoms with Gasteiger partial charge in [0.2, 0.25) is 0 Å². The van der Waals surface area contributed by atoms with Crippen LogP contribution in [0, 0.1) is 5.82 Å². The summed E-state index contributed by atoms with van der Waals surface area (Å²) in [5.41, 5.74) is 2.67. The van der Waals surface area contributed by atoms with Crippen molar-refractivity contribution in [2.45, 2.75) is 6.54 Å². The molecular weight excluding hydrogens is 345 g/mol. The van der Waals surface area contributed by atoms with Gasteiger partial charge in [0.05, 0.1) is 18.3 Å². The molecule has 1 N–H and O–H groups in total. The Morgan fingerprint density at radius 1 is 1.15 bits per heavy atom. The van der Waals surface area contributed by atoms with Crippen molar-refractivity contribution in [1.82, 2.24) is 14.9 Å². The van der Waals surface area contributed by atoms with Crippen molar-refractivity contribution < 1.29 is 13.6 Å². The van der Waals surface area contributed by atoms with Gasteiger partial charge in [-0.3, -0.25) is 4.79 Å². The first-order valence-electron chi connectivity index (χ1n) is 8.40. The molecule has 27 heavy (non-hydrogen) atoms. The first-order valence-corrected chi connectivity index (χ1v) is 8.40. The molecule has 0 fully saturated rings. The van der Waals surface area contributed by atoms with Crippen molar-refractivity contribution in [3.8, 4) is 16.8 Å². The number of imidazole rings is 1. The zero-order chi connectivity index (χ0) is 18.6. The Hall–Kier alpha value is -3.67. The van der Waals surface area contributed by atoms with Crippen LogP contribution in [-0.4, -0.2) is 15.5 Å². The van der Waals surface area contributed by atoms with Crippen LogP contribution in [0.3, 0.4) is 0 Å². The highest BCUT2D eigenvalue weighted by Crippen LogP contribution is 2.24. The van der Waals surface area contributed by atoms with Gasteiger partial charge in [-0.25, -0.2) is 9.37 Å². The first kappa shape index (κ1) is 16.8. The Kier molecular flexibility index (Phi) is 4.53. The minimum atomic E-state index is -0.386. The van der Waals surface area contributed by atoms with Gasteiger partial charge in [-0.1, -0.05) is 36.4 Å². The summed E-state index contributed by atoms with van der Waals surface area (Å²) in [6.45, 7) is 0.189. The van der Waals surface area contributed by atoms with Gasteiger partial charge in [-0.2, -0.15) is 0 Å². The zero-order valence-electron chi connectivity index (χ0n) is 14.3. The van der Waals surface area contributed by atoms with Crippen molar-refractivity contribution in [2.24, 2.45) is 0 Å². The number of rotatable bonds is 5. The first-order chi connectivity index (χ1) is 13.2. The lowest BCUT2D eigenvalue weighted by atomic mass is 10.1. The molecule has 0 aliphatic carbocycles. The maximum Gasteiger partial charge on any atom is 0.287 e. The number of nitrogens with one attached hydrogen (secondary N) is 1. The highest BCUT2D eigenvalue weighted by atomic mass is 19.1. The predicted octanol–water partition coefficient (Wildman–Crippen LogP) is 4.20. The smallest absolute Gasteiger partial charge is 0.287 e. The molecule has 2 heterocycles. The van der Waals surface area contributed by atoms with E-state index in [0.717, 1.165) is 11.1 Å². The molecule has 0 radical (unpaired) electrons. The Bertz CT molecular complexity index is 1060. The molecule has 2 aromatic heterocycles. The fraction of sp³-hybridized carbons (Fsp3) is 0.0476. The largest absolute Gasteiger partial charge is 0.459 e. The van der Waals surface area contributed by atoms with Crippen molar-refractivity contribution in [1.29, 1.82) is 0 Å². The molecule has 0 aliphatic heterocycles. The van der Waals surface area contributed by atoms with Crippen LogP contribution in [0.1, 0.15) is 16.1 Å². The van der Waals surface area contributed by atoms with Crippen LogP contribution in [0.5, 0.6) is 0 Å². The summed E-state index contributed by atoms with van der Waals surface area (Å²) in [5.74, 6) is -0.502. The Balaban J connectivity index is 1.48. The van der Waals surface area contributed by atoms with Crippen molar-refractivity contribution in [2.75, 3.05) is 0 Å². The third kappa shape index (κ3) is 3.50. The van der Waals surface area contributed by atoms with Gasteiger partial charge in [0.1, 0.15) is 5.82 Å². The molecule has 2 aromatic carbocycles. The molecule has 0 saturated carbocycles. The lowest BCUT2D eigenvalue weighted by Crippen LogP contribution is -2.23. The van der Waals surface area contributed by atoms with Crippen LogP contribution in [0.4, 0.5) is 4.39 Å². The highest BCUT2D eigenvalue weighted by molar-refractivity contribution is 5.98. The van der Waals surface area contributed by atoms with Gasteiger partial charge in [0, 0.05) is 24.5 Å². The molecular formula is C21H16FN3O2. The van der Waals surface area contributed by atoms with Crippen LogP contribution in [0.25, 0.3) is 16.8 Å². The van der Waals surface area contributed by atoms with E-state index >= 15 is 0 Å². The van der Waals surface area contributed by atoms with Crippen molar-refractivity contribution >= 4 is 5.91 Å². The number of aromatic nitrogens is 2. The van der Waals surface area contributed by atoms with Gasteiger partial charge in [-0.15, -0.1) is 0 Å². The molecule has 0 atom stereocenters. The summed E-state index contributed by atoms with van der Waals surface area (Å²) < 4.78 is 21.3. The second-order valence-corrected chi connectivity index (χ2v) is 5.97. The number of hydrogen-bond acceptors (Lipinski definition) is 3. The number of amides is 1. The SMILES string of the molecule is O=C(NCc1ccc(-n2ccnc2)c(F)c1)c1occc1-c1ccccc1. The number of furan rings is 1. The van der Waals surface area contributed by atoms with E-state index in [1.165, 1.54) is 18.7 Å². The van der Waals surface area contributed by atoms with Gasteiger partial charge < -0.3 is 14.3 Å². The van der Waals surface area contributed by atoms with Gasteiger partial charge in [0.25, 0.3) is 5.91 Å². The molecule has 0 spiro atoms. The molecule has 0 saturated heterocycles. The number of hydrogen-bond donors (Lipinski definition) is 1. The van der Waals surface area contributed by atoms with Gasteiger partial charge in [-0.05, 0) is 29.3 Å². The van der Waals surface area contributed by atoms with Crippen LogP contribution >= 0.6 is 0 Å². The Labute approximate surface area is 155 Å². The number of carbonyl (C=O) groups is 1. The van der Waals surface area contributed by atoms with Gasteiger partial charge >= 0.3 is 0 Å². The summed E-state index contributed by atoms with van der Waals surface area (Å²) in [5, 5.41) is 2.77. The molecule has 1 amide bonds. The highest BCUT2D eigenvalue weighted by Gasteiger charge is 2.16.